The van der Waals surface area contributed by atoms with Crippen LogP contribution in [0.1, 0.15) is 19.4 Å². The number of nitrogens with one attached hydrogen (secondary N) is 1. The molecule has 1 unspecified atom stereocenters. The Kier molecular flexibility index (Phi) is 8.11. The molecule has 2 atom stereocenters. The van der Waals surface area contributed by atoms with Crippen molar-refractivity contribution in [2.75, 3.05) is 19.8 Å². The van der Waals surface area contributed by atoms with Crippen LogP contribution in [0.5, 0.6) is 0 Å². The molecule has 0 bridgehead atoms. The highest BCUT2D eigenvalue weighted by atomic mass is 35.5. The summed E-state index contributed by atoms with van der Waals surface area (Å²) >= 11 is 6.01. The van der Waals surface area contributed by atoms with Crippen LogP contribution in [0, 0.1) is 5.92 Å². The molecule has 0 saturated carbocycles. The van der Waals surface area contributed by atoms with Crippen molar-refractivity contribution in [3.63, 3.8) is 0 Å². The number of benzene rings is 1. The van der Waals surface area contributed by atoms with Crippen LogP contribution in [0.25, 0.3) is 0 Å². The average molecular weight is 302 g/mol. The van der Waals surface area contributed by atoms with Gasteiger partial charge in [-0.3, -0.25) is 0 Å². The quantitative estimate of drug-likeness (QED) is 0.651. The van der Waals surface area contributed by atoms with Crippen LogP contribution in [0.2, 0.25) is 5.02 Å². The van der Waals surface area contributed by atoms with Gasteiger partial charge in [-0.15, -0.1) is 0 Å². The Hall–Kier alpha value is -0.650. The zero-order valence-corrected chi connectivity index (χ0v) is 12.8. The lowest BCUT2D eigenvalue weighted by Crippen LogP contribution is -2.42. The number of hydrogen-bond acceptors (Lipinski definition) is 4. The molecule has 0 spiro atoms. The van der Waals surface area contributed by atoms with E-state index in [-0.39, 0.29) is 19.3 Å². The van der Waals surface area contributed by atoms with Gasteiger partial charge in [-0.25, -0.2) is 0 Å². The summed E-state index contributed by atoms with van der Waals surface area (Å²) in [6.07, 6.45) is -0.606. The molecule has 0 saturated heterocycles. The van der Waals surface area contributed by atoms with Gasteiger partial charge < -0.3 is 20.3 Å². The maximum Gasteiger partial charge on any atom is 0.0897 e. The van der Waals surface area contributed by atoms with Gasteiger partial charge in [0.05, 0.1) is 25.9 Å². The number of aliphatic hydroxyl groups excluding tert-OH is 2. The molecule has 20 heavy (non-hydrogen) atoms. The normalized spacial score (nSPS) is 14.5. The lowest BCUT2D eigenvalue weighted by atomic mass is 10.1. The van der Waals surface area contributed by atoms with Crippen LogP contribution in [-0.2, 0) is 11.3 Å². The van der Waals surface area contributed by atoms with Crippen LogP contribution in [-0.4, -0.2) is 42.1 Å². The number of aliphatic hydroxyl groups is 2. The van der Waals surface area contributed by atoms with Crippen LogP contribution < -0.4 is 5.32 Å². The molecule has 0 aliphatic heterocycles. The molecule has 1 aromatic rings. The SMILES string of the molecule is CC(C)[C@@H](CO)NCC(O)COCc1ccccc1Cl. The van der Waals surface area contributed by atoms with Crippen molar-refractivity contribution in [2.45, 2.75) is 32.6 Å². The fourth-order valence-corrected chi connectivity index (χ4v) is 1.97. The molecule has 1 aromatic carbocycles. The number of hydrogen-bond donors (Lipinski definition) is 3. The summed E-state index contributed by atoms with van der Waals surface area (Å²) < 4.78 is 5.45. The van der Waals surface area contributed by atoms with E-state index in [4.69, 9.17) is 16.3 Å². The smallest absolute Gasteiger partial charge is 0.0897 e. The summed E-state index contributed by atoms with van der Waals surface area (Å²) in [5, 5.41) is 22.8. The Bertz CT molecular complexity index is 387. The first-order chi connectivity index (χ1) is 9.54. The number of rotatable bonds is 9. The molecule has 0 aromatic heterocycles. The van der Waals surface area contributed by atoms with Gasteiger partial charge in [-0.2, -0.15) is 0 Å². The summed E-state index contributed by atoms with van der Waals surface area (Å²) in [5.41, 5.74) is 0.907. The van der Waals surface area contributed by atoms with E-state index in [1.165, 1.54) is 0 Å². The Labute approximate surface area is 125 Å². The highest BCUT2D eigenvalue weighted by Gasteiger charge is 2.13. The summed E-state index contributed by atoms with van der Waals surface area (Å²) in [5.74, 6) is 0.316. The minimum Gasteiger partial charge on any atom is -0.395 e. The predicted octanol–water partition coefficient (Wildman–Crippen LogP) is 1.82. The van der Waals surface area contributed by atoms with E-state index < -0.39 is 6.10 Å². The third kappa shape index (κ3) is 6.20. The van der Waals surface area contributed by atoms with Crippen molar-refractivity contribution < 1.29 is 14.9 Å². The van der Waals surface area contributed by atoms with Crippen molar-refractivity contribution in [3.05, 3.63) is 34.9 Å². The number of ether oxygens (including phenoxy) is 1. The highest BCUT2D eigenvalue weighted by Crippen LogP contribution is 2.15. The fraction of sp³-hybridized carbons (Fsp3) is 0.600. The molecule has 0 aliphatic rings. The van der Waals surface area contributed by atoms with Crippen molar-refractivity contribution in [1.82, 2.24) is 5.32 Å². The van der Waals surface area contributed by atoms with E-state index in [1.54, 1.807) is 0 Å². The standard InChI is InChI=1S/C15H24ClNO3/c1-11(2)15(8-18)17-7-13(19)10-20-9-12-5-3-4-6-14(12)16/h3-6,11,13,15,17-19H,7-10H2,1-2H3/t13?,15-/m1/s1. The van der Waals surface area contributed by atoms with E-state index in [0.29, 0.717) is 24.1 Å². The molecule has 4 nitrogen and oxygen atoms in total. The van der Waals surface area contributed by atoms with Gasteiger partial charge in [0.2, 0.25) is 0 Å². The Morgan fingerprint density at radius 3 is 2.60 bits per heavy atom. The van der Waals surface area contributed by atoms with E-state index in [2.05, 4.69) is 5.32 Å². The second-order valence-electron chi connectivity index (χ2n) is 5.20. The first-order valence-corrected chi connectivity index (χ1v) is 7.25. The van der Waals surface area contributed by atoms with E-state index in [0.717, 1.165) is 5.56 Å². The molecule has 0 radical (unpaired) electrons. The van der Waals surface area contributed by atoms with Crippen LogP contribution >= 0.6 is 11.6 Å². The molecule has 114 valence electrons. The Morgan fingerprint density at radius 1 is 1.30 bits per heavy atom. The molecule has 5 heteroatoms. The van der Waals surface area contributed by atoms with Gasteiger partial charge in [0.25, 0.3) is 0 Å². The fourth-order valence-electron chi connectivity index (χ4n) is 1.78. The first-order valence-electron chi connectivity index (χ1n) is 6.88. The summed E-state index contributed by atoms with van der Waals surface area (Å²) in [7, 11) is 0. The van der Waals surface area contributed by atoms with Gasteiger partial charge >= 0.3 is 0 Å². The van der Waals surface area contributed by atoms with Crippen LogP contribution in [0.3, 0.4) is 0 Å². The van der Waals surface area contributed by atoms with Gasteiger partial charge in [-0.05, 0) is 17.5 Å². The molecular weight excluding hydrogens is 278 g/mol. The maximum atomic E-state index is 9.82. The monoisotopic (exact) mass is 301 g/mol. The third-order valence-electron chi connectivity index (χ3n) is 3.14. The summed E-state index contributed by atoms with van der Waals surface area (Å²) in [6.45, 7) is 5.11. The summed E-state index contributed by atoms with van der Waals surface area (Å²) in [4.78, 5) is 0. The van der Waals surface area contributed by atoms with E-state index in [1.807, 2.05) is 38.1 Å². The lowest BCUT2D eigenvalue weighted by molar-refractivity contribution is 0.0255. The van der Waals surface area contributed by atoms with Crippen LogP contribution in [0.4, 0.5) is 0 Å². The van der Waals surface area contributed by atoms with Crippen LogP contribution in [0.15, 0.2) is 24.3 Å². The summed E-state index contributed by atoms with van der Waals surface area (Å²) in [6, 6.07) is 7.47. The maximum absolute atomic E-state index is 9.82. The van der Waals surface area contributed by atoms with Crippen molar-refractivity contribution >= 4 is 11.6 Å². The molecule has 3 N–H and O–H groups in total. The predicted molar refractivity (Wildman–Crippen MR) is 80.8 cm³/mol. The lowest BCUT2D eigenvalue weighted by Gasteiger charge is -2.22. The topological polar surface area (TPSA) is 61.7 Å². The second kappa shape index (κ2) is 9.32. The molecule has 0 fully saturated rings. The number of halogens is 1. The minimum atomic E-state index is -0.606. The van der Waals surface area contributed by atoms with Gasteiger partial charge in [-0.1, -0.05) is 43.6 Å². The zero-order valence-electron chi connectivity index (χ0n) is 12.1. The van der Waals surface area contributed by atoms with E-state index in [9.17, 15) is 10.2 Å². The van der Waals surface area contributed by atoms with Crippen molar-refractivity contribution in [1.29, 1.82) is 0 Å². The van der Waals surface area contributed by atoms with Gasteiger partial charge in [0.1, 0.15) is 0 Å². The second-order valence-corrected chi connectivity index (χ2v) is 5.61. The van der Waals surface area contributed by atoms with Crippen molar-refractivity contribution in [3.8, 4) is 0 Å². The minimum absolute atomic E-state index is 0.00628. The molecular formula is C15H24ClNO3. The van der Waals surface area contributed by atoms with Gasteiger partial charge in [0.15, 0.2) is 0 Å². The largest absolute Gasteiger partial charge is 0.395 e. The zero-order chi connectivity index (χ0) is 15.0. The van der Waals surface area contributed by atoms with Crippen molar-refractivity contribution in [2.24, 2.45) is 5.92 Å². The van der Waals surface area contributed by atoms with Gasteiger partial charge in [0, 0.05) is 17.6 Å². The molecule has 1 rings (SSSR count). The Morgan fingerprint density at radius 2 is 2.00 bits per heavy atom. The third-order valence-corrected chi connectivity index (χ3v) is 3.51. The molecule has 0 amide bonds. The molecule has 0 aliphatic carbocycles. The highest BCUT2D eigenvalue weighted by molar-refractivity contribution is 6.31. The molecule has 0 heterocycles. The average Bonchev–Trinajstić information content (AvgIpc) is 2.41. The first kappa shape index (κ1) is 17.4. The van der Waals surface area contributed by atoms with E-state index >= 15 is 0 Å². The Balaban J connectivity index is 2.23.